The number of benzene rings is 1. The maximum atomic E-state index is 13.8. The Bertz CT molecular complexity index is 742. The summed E-state index contributed by atoms with van der Waals surface area (Å²) < 4.78 is 26.8. The van der Waals surface area contributed by atoms with E-state index in [1.54, 1.807) is 0 Å². The van der Waals surface area contributed by atoms with Gasteiger partial charge in [-0.2, -0.15) is 4.98 Å². The predicted molar refractivity (Wildman–Crippen MR) is 94.9 cm³/mol. The summed E-state index contributed by atoms with van der Waals surface area (Å²) in [6.07, 6.45) is 0. The molecule has 1 aliphatic heterocycles. The highest BCUT2D eigenvalue weighted by Gasteiger charge is 2.21. The third-order valence-electron chi connectivity index (χ3n) is 4.35. The fourth-order valence-corrected chi connectivity index (χ4v) is 2.90. The Hall–Kier alpha value is -2.28. The van der Waals surface area contributed by atoms with Crippen LogP contribution in [0.25, 0.3) is 0 Å². The van der Waals surface area contributed by atoms with Gasteiger partial charge in [0.1, 0.15) is 17.5 Å². The van der Waals surface area contributed by atoms with Gasteiger partial charge in [-0.05, 0) is 13.0 Å². The van der Waals surface area contributed by atoms with E-state index in [-0.39, 0.29) is 0 Å². The first-order valence-electron chi connectivity index (χ1n) is 8.36. The van der Waals surface area contributed by atoms with Crippen LogP contribution in [-0.4, -0.2) is 55.1 Å². The zero-order valence-electron chi connectivity index (χ0n) is 14.8. The number of rotatable bonds is 4. The lowest BCUT2D eigenvalue weighted by Crippen LogP contribution is -2.46. The van der Waals surface area contributed by atoms with E-state index in [4.69, 9.17) is 0 Å². The second-order valence-electron chi connectivity index (χ2n) is 6.56. The van der Waals surface area contributed by atoms with Crippen molar-refractivity contribution >= 4 is 11.8 Å². The standard InChI is InChI=1S/C18H23F2N5/c1-13-10-17(23(2)3)22-18(21-13)25-8-6-24(7-9-25)12-14-4-5-15(19)11-16(14)20/h4-5,10-11H,6-9,12H2,1-3H3. The average molecular weight is 347 g/mol. The lowest BCUT2D eigenvalue weighted by molar-refractivity contribution is 0.245. The molecule has 0 radical (unpaired) electrons. The van der Waals surface area contributed by atoms with Crippen molar-refractivity contribution in [3.8, 4) is 0 Å². The average Bonchev–Trinajstić information content (AvgIpc) is 2.57. The van der Waals surface area contributed by atoms with Crippen molar-refractivity contribution in [1.82, 2.24) is 14.9 Å². The van der Waals surface area contributed by atoms with Gasteiger partial charge in [0, 0.05) is 70.2 Å². The van der Waals surface area contributed by atoms with Crippen molar-refractivity contribution < 1.29 is 8.78 Å². The van der Waals surface area contributed by atoms with Crippen molar-refractivity contribution in [3.05, 3.63) is 47.2 Å². The molecular formula is C18H23F2N5. The normalized spacial score (nSPS) is 15.5. The van der Waals surface area contributed by atoms with Crippen molar-refractivity contribution in [2.45, 2.75) is 13.5 Å². The number of piperazine rings is 1. The molecule has 25 heavy (non-hydrogen) atoms. The van der Waals surface area contributed by atoms with E-state index in [9.17, 15) is 8.78 Å². The molecule has 0 saturated carbocycles. The van der Waals surface area contributed by atoms with Crippen molar-refractivity contribution in [2.24, 2.45) is 0 Å². The molecule has 3 rings (SSSR count). The van der Waals surface area contributed by atoms with Crippen molar-refractivity contribution in [2.75, 3.05) is 50.1 Å². The van der Waals surface area contributed by atoms with E-state index >= 15 is 0 Å². The number of halogens is 2. The minimum absolute atomic E-state index is 0.484. The summed E-state index contributed by atoms with van der Waals surface area (Å²) in [6.45, 7) is 5.57. The molecule has 2 aromatic rings. The quantitative estimate of drug-likeness (QED) is 0.849. The molecule has 7 heteroatoms. The lowest BCUT2D eigenvalue weighted by atomic mass is 10.2. The Labute approximate surface area is 146 Å². The minimum Gasteiger partial charge on any atom is -0.363 e. The summed E-state index contributed by atoms with van der Waals surface area (Å²) >= 11 is 0. The first kappa shape index (κ1) is 17.5. The van der Waals surface area contributed by atoms with E-state index < -0.39 is 11.6 Å². The Morgan fingerprint density at radius 2 is 1.76 bits per heavy atom. The maximum absolute atomic E-state index is 13.8. The Morgan fingerprint density at radius 3 is 2.40 bits per heavy atom. The van der Waals surface area contributed by atoms with Gasteiger partial charge in [0.05, 0.1) is 0 Å². The van der Waals surface area contributed by atoms with Crippen LogP contribution >= 0.6 is 0 Å². The van der Waals surface area contributed by atoms with Crippen LogP contribution in [0.5, 0.6) is 0 Å². The molecule has 0 atom stereocenters. The van der Waals surface area contributed by atoms with Gasteiger partial charge in [0.25, 0.3) is 0 Å². The van der Waals surface area contributed by atoms with Gasteiger partial charge in [-0.1, -0.05) is 6.07 Å². The largest absolute Gasteiger partial charge is 0.363 e. The first-order valence-corrected chi connectivity index (χ1v) is 8.36. The minimum atomic E-state index is -0.542. The lowest BCUT2D eigenvalue weighted by Gasteiger charge is -2.35. The number of anilines is 2. The fourth-order valence-electron chi connectivity index (χ4n) is 2.90. The van der Waals surface area contributed by atoms with Gasteiger partial charge < -0.3 is 9.80 Å². The van der Waals surface area contributed by atoms with Crippen LogP contribution in [0.4, 0.5) is 20.5 Å². The molecule has 2 heterocycles. The van der Waals surface area contributed by atoms with Gasteiger partial charge >= 0.3 is 0 Å². The van der Waals surface area contributed by atoms with E-state index in [1.807, 2.05) is 32.0 Å². The zero-order chi connectivity index (χ0) is 18.0. The first-order chi connectivity index (χ1) is 11.9. The van der Waals surface area contributed by atoms with Crippen LogP contribution < -0.4 is 9.80 Å². The highest BCUT2D eigenvalue weighted by atomic mass is 19.1. The van der Waals surface area contributed by atoms with Gasteiger partial charge in [0.2, 0.25) is 5.95 Å². The molecular weight excluding hydrogens is 324 g/mol. The summed E-state index contributed by atoms with van der Waals surface area (Å²) in [6, 6.07) is 5.72. The molecule has 134 valence electrons. The van der Waals surface area contributed by atoms with Crippen LogP contribution in [-0.2, 0) is 6.54 Å². The highest BCUT2D eigenvalue weighted by molar-refractivity contribution is 5.45. The molecule has 0 aliphatic carbocycles. The topological polar surface area (TPSA) is 35.5 Å². The number of nitrogens with zero attached hydrogens (tertiary/aromatic N) is 5. The molecule has 0 amide bonds. The van der Waals surface area contributed by atoms with E-state index in [0.717, 1.165) is 49.7 Å². The summed E-state index contributed by atoms with van der Waals surface area (Å²) in [4.78, 5) is 15.4. The molecule has 0 bridgehead atoms. The molecule has 1 fully saturated rings. The van der Waals surface area contributed by atoms with Crippen LogP contribution in [0.15, 0.2) is 24.3 Å². The maximum Gasteiger partial charge on any atom is 0.227 e. The Balaban J connectivity index is 1.64. The molecule has 1 aromatic carbocycles. The fraction of sp³-hybridized carbons (Fsp3) is 0.444. The Kier molecular flexibility index (Phi) is 5.13. The second kappa shape index (κ2) is 7.31. The summed E-state index contributed by atoms with van der Waals surface area (Å²) in [7, 11) is 3.92. The molecule has 1 saturated heterocycles. The third kappa shape index (κ3) is 4.22. The van der Waals surface area contributed by atoms with Gasteiger partial charge in [-0.25, -0.2) is 13.8 Å². The number of hydrogen-bond acceptors (Lipinski definition) is 5. The summed E-state index contributed by atoms with van der Waals surface area (Å²) in [5, 5.41) is 0. The molecule has 1 aliphatic rings. The molecule has 5 nitrogen and oxygen atoms in total. The van der Waals surface area contributed by atoms with Crippen LogP contribution in [0.3, 0.4) is 0 Å². The second-order valence-corrected chi connectivity index (χ2v) is 6.56. The summed E-state index contributed by atoms with van der Waals surface area (Å²) in [5.74, 6) is 0.592. The Morgan fingerprint density at radius 1 is 1.04 bits per heavy atom. The van der Waals surface area contributed by atoms with Gasteiger partial charge in [0.15, 0.2) is 0 Å². The van der Waals surface area contributed by atoms with Gasteiger partial charge in [-0.15, -0.1) is 0 Å². The van der Waals surface area contributed by atoms with Crippen molar-refractivity contribution in [1.29, 1.82) is 0 Å². The highest BCUT2D eigenvalue weighted by Crippen LogP contribution is 2.19. The summed E-state index contributed by atoms with van der Waals surface area (Å²) in [5.41, 5.74) is 1.46. The van der Waals surface area contributed by atoms with E-state index in [0.29, 0.717) is 12.1 Å². The molecule has 0 N–H and O–H groups in total. The van der Waals surface area contributed by atoms with E-state index in [1.165, 1.54) is 12.1 Å². The van der Waals surface area contributed by atoms with Crippen LogP contribution in [0.1, 0.15) is 11.3 Å². The third-order valence-corrected chi connectivity index (χ3v) is 4.35. The monoisotopic (exact) mass is 347 g/mol. The van der Waals surface area contributed by atoms with Crippen LogP contribution in [0.2, 0.25) is 0 Å². The SMILES string of the molecule is Cc1cc(N(C)C)nc(N2CCN(Cc3ccc(F)cc3F)CC2)n1. The smallest absolute Gasteiger partial charge is 0.227 e. The number of aryl methyl sites for hydroxylation is 1. The number of hydrogen-bond donors (Lipinski definition) is 0. The molecule has 1 aromatic heterocycles. The molecule has 0 spiro atoms. The van der Waals surface area contributed by atoms with E-state index in [2.05, 4.69) is 19.8 Å². The number of aromatic nitrogens is 2. The van der Waals surface area contributed by atoms with Crippen molar-refractivity contribution in [3.63, 3.8) is 0 Å². The van der Waals surface area contributed by atoms with Crippen LogP contribution in [0, 0.1) is 18.6 Å². The zero-order valence-corrected chi connectivity index (χ0v) is 14.8. The van der Waals surface area contributed by atoms with Gasteiger partial charge in [-0.3, -0.25) is 4.90 Å². The predicted octanol–water partition coefficient (Wildman–Crippen LogP) is 2.45. The molecule has 0 unspecified atom stereocenters.